The van der Waals surface area contributed by atoms with Crippen molar-refractivity contribution in [3.8, 4) is 0 Å². The molecule has 1 aromatic rings. The summed E-state index contributed by atoms with van der Waals surface area (Å²) in [4.78, 5) is 28.5. The minimum atomic E-state index is -1.02. The fraction of sp³-hybridized carbons (Fsp3) is 0.462. The topological polar surface area (TPSA) is 70.5 Å². The van der Waals surface area contributed by atoms with Gasteiger partial charge in [0, 0.05) is 12.7 Å². The minimum absolute atomic E-state index is 0.0837. The van der Waals surface area contributed by atoms with Gasteiger partial charge >= 0.3 is 5.97 Å². The van der Waals surface area contributed by atoms with Crippen LogP contribution in [0.4, 0.5) is 4.39 Å². The molecule has 1 aliphatic heterocycles. The molecule has 19 heavy (non-hydrogen) atoms. The Bertz CT molecular complexity index is 506. The second kappa shape index (κ2) is 5.34. The smallest absolute Gasteiger partial charge is 0.326 e. The van der Waals surface area contributed by atoms with E-state index in [4.69, 9.17) is 0 Å². The first-order valence-corrected chi connectivity index (χ1v) is 6.15. The van der Waals surface area contributed by atoms with Crippen molar-refractivity contribution >= 4 is 11.9 Å². The summed E-state index contributed by atoms with van der Waals surface area (Å²) in [6.45, 7) is 2.18. The highest BCUT2D eigenvalue weighted by Crippen LogP contribution is 2.25. The van der Waals surface area contributed by atoms with E-state index in [0.29, 0.717) is 6.54 Å². The number of carbonyl (C=O) groups excluding carboxylic acids is 1. The van der Waals surface area contributed by atoms with Crippen molar-refractivity contribution in [2.75, 3.05) is 6.54 Å². The molecule has 1 amide bonds. The second-order valence-corrected chi connectivity index (χ2v) is 4.79. The molecule has 0 saturated carbocycles. The maximum Gasteiger partial charge on any atom is 0.326 e. The Balaban J connectivity index is 2.28. The van der Waals surface area contributed by atoms with Crippen LogP contribution >= 0.6 is 0 Å². The molecule has 6 heteroatoms. The SMILES string of the molecule is CC1CCCN(C(=O)c2cncc(F)c2)C1C(=O)O. The Kier molecular flexibility index (Phi) is 3.78. The van der Waals surface area contributed by atoms with Crippen molar-refractivity contribution in [1.29, 1.82) is 0 Å². The van der Waals surface area contributed by atoms with E-state index in [-0.39, 0.29) is 11.5 Å². The zero-order valence-electron chi connectivity index (χ0n) is 10.5. The van der Waals surface area contributed by atoms with Crippen LogP contribution in [0.1, 0.15) is 30.1 Å². The maximum atomic E-state index is 13.1. The number of rotatable bonds is 2. The standard InChI is InChI=1S/C13H15FN2O3/c1-8-3-2-4-16(11(8)13(18)19)12(17)9-5-10(14)7-15-6-9/h5-8,11H,2-4H2,1H3,(H,18,19). The highest BCUT2D eigenvalue weighted by atomic mass is 19.1. The predicted octanol–water partition coefficient (Wildman–Crippen LogP) is 1.55. The molecule has 0 aliphatic carbocycles. The van der Waals surface area contributed by atoms with Gasteiger partial charge in [0.2, 0.25) is 0 Å². The van der Waals surface area contributed by atoms with Gasteiger partial charge in [0.15, 0.2) is 0 Å². The summed E-state index contributed by atoms with van der Waals surface area (Å²) in [7, 11) is 0. The predicted molar refractivity (Wildman–Crippen MR) is 65.1 cm³/mol. The van der Waals surface area contributed by atoms with Gasteiger partial charge in [-0.05, 0) is 24.8 Å². The van der Waals surface area contributed by atoms with Crippen molar-refractivity contribution in [2.45, 2.75) is 25.8 Å². The fourth-order valence-corrected chi connectivity index (χ4v) is 2.49. The van der Waals surface area contributed by atoms with Crippen LogP contribution in [0.15, 0.2) is 18.5 Å². The molecule has 2 rings (SSSR count). The third-order valence-electron chi connectivity index (χ3n) is 3.40. The van der Waals surface area contributed by atoms with Gasteiger partial charge in [0.05, 0.1) is 11.8 Å². The Morgan fingerprint density at radius 2 is 2.21 bits per heavy atom. The summed E-state index contributed by atoms with van der Waals surface area (Å²) in [5, 5.41) is 9.25. The number of hydrogen-bond acceptors (Lipinski definition) is 3. The van der Waals surface area contributed by atoms with Gasteiger partial charge in [-0.25, -0.2) is 9.18 Å². The first-order valence-electron chi connectivity index (χ1n) is 6.15. The lowest BCUT2D eigenvalue weighted by molar-refractivity contribution is -0.145. The molecule has 102 valence electrons. The molecule has 0 spiro atoms. The molecule has 2 unspecified atom stereocenters. The number of carbonyl (C=O) groups is 2. The molecular weight excluding hydrogens is 251 g/mol. The number of carboxylic acids is 1. The molecule has 2 atom stereocenters. The summed E-state index contributed by atoms with van der Waals surface area (Å²) in [6, 6.07) is 0.220. The third-order valence-corrected chi connectivity index (χ3v) is 3.40. The number of pyridine rings is 1. The summed E-state index contributed by atoms with van der Waals surface area (Å²) in [5.41, 5.74) is 0.0837. The molecule has 1 fully saturated rings. The van der Waals surface area contributed by atoms with Crippen LogP contribution < -0.4 is 0 Å². The Labute approximate surface area is 110 Å². The summed E-state index contributed by atoms with van der Waals surface area (Å²) in [6.07, 6.45) is 3.77. The molecule has 1 aromatic heterocycles. The van der Waals surface area contributed by atoms with E-state index in [1.54, 1.807) is 0 Å². The number of carboxylic acid groups (broad SMARTS) is 1. The third kappa shape index (κ3) is 2.72. The Morgan fingerprint density at radius 1 is 1.47 bits per heavy atom. The molecule has 0 radical (unpaired) electrons. The van der Waals surface area contributed by atoms with Crippen LogP contribution in [0, 0.1) is 11.7 Å². The second-order valence-electron chi connectivity index (χ2n) is 4.79. The van der Waals surface area contributed by atoms with Crippen LogP contribution in [-0.4, -0.2) is 39.5 Å². The van der Waals surface area contributed by atoms with E-state index in [1.807, 2.05) is 6.92 Å². The van der Waals surface area contributed by atoms with E-state index < -0.39 is 23.7 Å². The molecule has 5 nitrogen and oxygen atoms in total. The monoisotopic (exact) mass is 266 g/mol. The number of aromatic nitrogens is 1. The van der Waals surface area contributed by atoms with Crippen molar-refractivity contribution in [3.63, 3.8) is 0 Å². The van der Waals surface area contributed by atoms with E-state index >= 15 is 0 Å². The van der Waals surface area contributed by atoms with Gasteiger partial charge in [-0.15, -0.1) is 0 Å². The number of halogens is 1. The molecule has 0 bridgehead atoms. The van der Waals surface area contributed by atoms with Gasteiger partial charge < -0.3 is 10.0 Å². The average Bonchev–Trinajstić information content (AvgIpc) is 2.37. The van der Waals surface area contributed by atoms with Crippen LogP contribution in [0.25, 0.3) is 0 Å². The summed E-state index contributed by atoms with van der Waals surface area (Å²) < 4.78 is 13.1. The van der Waals surface area contributed by atoms with Gasteiger partial charge in [0.1, 0.15) is 11.9 Å². The van der Waals surface area contributed by atoms with Crippen LogP contribution in [-0.2, 0) is 4.79 Å². The van der Waals surface area contributed by atoms with Gasteiger partial charge in [0.25, 0.3) is 5.91 Å². The van der Waals surface area contributed by atoms with Crippen molar-refractivity contribution in [1.82, 2.24) is 9.88 Å². The number of nitrogens with zero attached hydrogens (tertiary/aromatic N) is 2. The normalized spacial score (nSPS) is 23.2. The van der Waals surface area contributed by atoms with Crippen LogP contribution in [0.5, 0.6) is 0 Å². The Morgan fingerprint density at radius 3 is 2.84 bits per heavy atom. The quantitative estimate of drug-likeness (QED) is 0.881. The summed E-state index contributed by atoms with van der Waals surface area (Å²) in [5.74, 6) is -2.23. The fourth-order valence-electron chi connectivity index (χ4n) is 2.49. The van der Waals surface area contributed by atoms with E-state index in [2.05, 4.69) is 4.98 Å². The summed E-state index contributed by atoms with van der Waals surface area (Å²) >= 11 is 0. The van der Waals surface area contributed by atoms with Crippen LogP contribution in [0.2, 0.25) is 0 Å². The highest BCUT2D eigenvalue weighted by molar-refractivity contribution is 5.96. The van der Waals surface area contributed by atoms with Gasteiger partial charge in [-0.1, -0.05) is 6.92 Å². The number of piperidine rings is 1. The minimum Gasteiger partial charge on any atom is -0.480 e. The maximum absolute atomic E-state index is 13.1. The highest BCUT2D eigenvalue weighted by Gasteiger charge is 2.37. The molecule has 0 aromatic carbocycles. The van der Waals surface area contributed by atoms with Crippen molar-refractivity contribution < 1.29 is 19.1 Å². The zero-order chi connectivity index (χ0) is 14.0. The zero-order valence-corrected chi connectivity index (χ0v) is 10.5. The average molecular weight is 266 g/mol. The first kappa shape index (κ1) is 13.5. The first-order chi connectivity index (χ1) is 9.00. The lowest BCUT2D eigenvalue weighted by Gasteiger charge is -2.37. The largest absolute Gasteiger partial charge is 0.480 e. The number of hydrogen-bond donors (Lipinski definition) is 1. The Hall–Kier alpha value is -1.98. The van der Waals surface area contributed by atoms with E-state index in [1.165, 1.54) is 11.1 Å². The number of aliphatic carboxylic acids is 1. The number of amides is 1. The number of likely N-dealkylation sites (tertiary alicyclic amines) is 1. The lowest BCUT2D eigenvalue weighted by atomic mass is 9.90. The van der Waals surface area contributed by atoms with E-state index in [0.717, 1.165) is 25.1 Å². The molecule has 1 saturated heterocycles. The van der Waals surface area contributed by atoms with Crippen LogP contribution in [0.3, 0.4) is 0 Å². The molecule has 1 N–H and O–H groups in total. The molecular formula is C13H15FN2O3. The van der Waals surface area contributed by atoms with Gasteiger partial charge in [-0.2, -0.15) is 0 Å². The molecule has 1 aliphatic rings. The van der Waals surface area contributed by atoms with Gasteiger partial charge in [-0.3, -0.25) is 9.78 Å². The van der Waals surface area contributed by atoms with Crippen molar-refractivity contribution in [2.24, 2.45) is 5.92 Å². The lowest BCUT2D eigenvalue weighted by Crippen LogP contribution is -2.51. The molecule has 2 heterocycles. The van der Waals surface area contributed by atoms with E-state index in [9.17, 15) is 19.1 Å². The van der Waals surface area contributed by atoms with Crippen molar-refractivity contribution in [3.05, 3.63) is 29.8 Å².